The van der Waals surface area contributed by atoms with E-state index in [2.05, 4.69) is 0 Å². The Hall–Kier alpha value is -2.62. The maximum Gasteiger partial charge on any atom is 0.331 e. The summed E-state index contributed by atoms with van der Waals surface area (Å²) in [6.07, 6.45) is 0.749. The van der Waals surface area contributed by atoms with Crippen molar-refractivity contribution in [2.45, 2.75) is 26.4 Å². The molecule has 0 amide bonds. The largest absolute Gasteiger partial charge is 0.331 e. The molecule has 0 atom stereocenters. The molecular formula is C18H18N2O2. The van der Waals surface area contributed by atoms with Crippen molar-refractivity contribution in [2.24, 2.45) is 0 Å². The van der Waals surface area contributed by atoms with Gasteiger partial charge in [0.25, 0.3) is 5.56 Å². The van der Waals surface area contributed by atoms with Crippen LogP contribution in [0.25, 0.3) is 10.9 Å². The van der Waals surface area contributed by atoms with Gasteiger partial charge in [0.05, 0.1) is 17.4 Å². The van der Waals surface area contributed by atoms with Crippen molar-refractivity contribution in [1.82, 2.24) is 9.13 Å². The van der Waals surface area contributed by atoms with E-state index in [-0.39, 0.29) is 11.2 Å². The number of hydrogen-bond acceptors (Lipinski definition) is 2. The summed E-state index contributed by atoms with van der Waals surface area (Å²) in [5, 5.41) is 0.589. The summed E-state index contributed by atoms with van der Waals surface area (Å²) in [6, 6.07) is 17.1. The fourth-order valence-corrected chi connectivity index (χ4v) is 2.71. The Balaban J connectivity index is 2.28. The fraction of sp³-hybridized carbons (Fsp3) is 0.222. The summed E-state index contributed by atoms with van der Waals surface area (Å²) in [5.41, 5.74) is 1.28. The molecule has 0 aliphatic heterocycles. The lowest BCUT2D eigenvalue weighted by molar-refractivity contribution is 0.581. The Morgan fingerprint density at radius 1 is 0.864 bits per heavy atom. The molecule has 0 saturated carbocycles. The molecule has 3 rings (SSSR count). The first-order valence-corrected chi connectivity index (χ1v) is 7.48. The molecule has 0 bridgehead atoms. The maximum atomic E-state index is 12.7. The van der Waals surface area contributed by atoms with Crippen LogP contribution in [0.3, 0.4) is 0 Å². The van der Waals surface area contributed by atoms with Crippen molar-refractivity contribution in [3.63, 3.8) is 0 Å². The van der Waals surface area contributed by atoms with Crippen LogP contribution >= 0.6 is 0 Å². The fourth-order valence-electron chi connectivity index (χ4n) is 2.71. The standard InChI is InChI=1S/C18H18N2O2/c1-2-12-19-17(21)15-10-6-7-11-16(15)20(18(19)22)13-14-8-4-3-5-9-14/h3-11H,2,12-13H2,1H3. The van der Waals surface area contributed by atoms with Gasteiger partial charge in [-0.2, -0.15) is 0 Å². The third-order valence-corrected chi connectivity index (χ3v) is 3.76. The zero-order chi connectivity index (χ0) is 15.5. The highest BCUT2D eigenvalue weighted by Crippen LogP contribution is 2.10. The van der Waals surface area contributed by atoms with Crippen molar-refractivity contribution >= 4 is 10.9 Å². The van der Waals surface area contributed by atoms with E-state index in [1.165, 1.54) is 4.57 Å². The monoisotopic (exact) mass is 294 g/mol. The minimum atomic E-state index is -0.241. The van der Waals surface area contributed by atoms with Gasteiger partial charge in [0.2, 0.25) is 0 Å². The first-order chi connectivity index (χ1) is 10.7. The lowest BCUT2D eigenvalue weighted by Gasteiger charge is -2.13. The second kappa shape index (κ2) is 6.02. The molecule has 0 N–H and O–H groups in total. The molecule has 0 unspecified atom stereocenters. The van der Waals surface area contributed by atoms with Gasteiger partial charge in [0, 0.05) is 6.54 Å². The van der Waals surface area contributed by atoms with Gasteiger partial charge >= 0.3 is 5.69 Å². The van der Waals surface area contributed by atoms with Gasteiger partial charge < -0.3 is 0 Å². The number of rotatable bonds is 4. The van der Waals surface area contributed by atoms with E-state index in [4.69, 9.17) is 0 Å². The molecule has 0 aliphatic rings. The molecule has 112 valence electrons. The highest BCUT2D eigenvalue weighted by atomic mass is 16.2. The lowest BCUT2D eigenvalue weighted by Crippen LogP contribution is -2.40. The van der Waals surface area contributed by atoms with Crippen LogP contribution in [0, 0.1) is 0 Å². The van der Waals surface area contributed by atoms with E-state index in [0.717, 1.165) is 12.0 Å². The van der Waals surface area contributed by atoms with Gasteiger partial charge in [-0.15, -0.1) is 0 Å². The van der Waals surface area contributed by atoms with Crippen molar-refractivity contribution in [1.29, 1.82) is 0 Å². The van der Waals surface area contributed by atoms with Gasteiger partial charge in [0.15, 0.2) is 0 Å². The van der Waals surface area contributed by atoms with Crippen LogP contribution in [0.2, 0.25) is 0 Å². The zero-order valence-corrected chi connectivity index (χ0v) is 12.5. The number of fused-ring (bicyclic) bond motifs is 1. The van der Waals surface area contributed by atoms with Crippen molar-refractivity contribution in [2.75, 3.05) is 0 Å². The molecule has 0 fully saturated rings. The lowest BCUT2D eigenvalue weighted by atomic mass is 10.2. The minimum Gasteiger partial charge on any atom is -0.289 e. The van der Waals surface area contributed by atoms with E-state index in [9.17, 15) is 9.59 Å². The Kier molecular flexibility index (Phi) is 3.92. The second-order valence-corrected chi connectivity index (χ2v) is 5.33. The van der Waals surface area contributed by atoms with Crippen LogP contribution in [0.4, 0.5) is 0 Å². The molecule has 0 saturated heterocycles. The Morgan fingerprint density at radius 2 is 1.55 bits per heavy atom. The maximum absolute atomic E-state index is 12.7. The minimum absolute atomic E-state index is 0.202. The molecular weight excluding hydrogens is 276 g/mol. The van der Waals surface area contributed by atoms with Gasteiger partial charge in [-0.05, 0) is 24.1 Å². The molecule has 1 aromatic heterocycles. The van der Waals surface area contributed by atoms with Crippen LogP contribution in [0.1, 0.15) is 18.9 Å². The molecule has 4 nitrogen and oxygen atoms in total. The summed E-state index contributed by atoms with van der Waals surface area (Å²) >= 11 is 0. The Morgan fingerprint density at radius 3 is 2.27 bits per heavy atom. The number of aromatic nitrogens is 2. The van der Waals surface area contributed by atoms with Gasteiger partial charge in [-0.1, -0.05) is 49.4 Å². The summed E-state index contributed by atoms with van der Waals surface area (Å²) in [7, 11) is 0. The van der Waals surface area contributed by atoms with Crippen LogP contribution in [-0.2, 0) is 13.1 Å². The van der Waals surface area contributed by atoms with E-state index in [0.29, 0.717) is 24.0 Å². The predicted octanol–water partition coefficient (Wildman–Crippen LogP) is 2.62. The summed E-state index contributed by atoms with van der Waals surface area (Å²) in [4.78, 5) is 25.2. The number of benzene rings is 2. The third-order valence-electron chi connectivity index (χ3n) is 3.76. The molecule has 22 heavy (non-hydrogen) atoms. The van der Waals surface area contributed by atoms with Crippen molar-refractivity contribution in [3.8, 4) is 0 Å². The van der Waals surface area contributed by atoms with Gasteiger partial charge in [-0.3, -0.25) is 13.9 Å². The van der Waals surface area contributed by atoms with E-state index in [1.54, 1.807) is 10.6 Å². The highest BCUT2D eigenvalue weighted by Gasteiger charge is 2.12. The molecule has 1 heterocycles. The van der Waals surface area contributed by atoms with Crippen molar-refractivity contribution < 1.29 is 0 Å². The first-order valence-electron chi connectivity index (χ1n) is 7.48. The molecule has 0 radical (unpaired) electrons. The molecule has 0 spiro atoms. The quantitative estimate of drug-likeness (QED) is 0.742. The number of nitrogens with zero attached hydrogens (tertiary/aromatic N) is 2. The van der Waals surface area contributed by atoms with Crippen LogP contribution in [0.5, 0.6) is 0 Å². The zero-order valence-electron chi connectivity index (χ0n) is 12.5. The van der Waals surface area contributed by atoms with Crippen LogP contribution in [-0.4, -0.2) is 9.13 Å². The normalized spacial score (nSPS) is 11.0. The number of para-hydroxylation sites is 1. The molecule has 0 aliphatic carbocycles. The molecule has 3 aromatic rings. The smallest absolute Gasteiger partial charge is 0.289 e. The average Bonchev–Trinajstić information content (AvgIpc) is 2.56. The SMILES string of the molecule is CCCn1c(=O)c2ccccc2n(Cc2ccccc2)c1=O. The topological polar surface area (TPSA) is 44.0 Å². The predicted molar refractivity (Wildman–Crippen MR) is 88.3 cm³/mol. The van der Waals surface area contributed by atoms with E-state index in [1.807, 2.05) is 55.5 Å². The van der Waals surface area contributed by atoms with Gasteiger partial charge in [-0.25, -0.2) is 4.79 Å². The Labute approximate surface area is 128 Å². The molecule has 4 heteroatoms. The summed E-state index contributed by atoms with van der Waals surface area (Å²) in [6.45, 7) is 2.87. The molecule has 2 aromatic carbocycles. The first kappa shape index (κ1) is 14.3. The summed E-state index contributed by atoms with van der Waals surface area (Å²) < 4.78 is 3.02. The second-order valence-electron chi connectivity index (χ2n) is 5.33. The van der Waals surface area contributed by atoms with E-state index >= 15 is 0 Å². The highest BCUT2D eigenvalue weighted by molar-refractivity contribution is 5.77. The average molecular weight is 294 g/mol. The van der Waals surface area contributed by atoms with Crippen molar-refractivity contribution in [3.05, 3.63) is 81.0 Å². The summed E-state index contributed by atoms with van der Waals surface area (Å²) in [5.74, 6) is 0. The number of hydrogen-bond donors (Lipinski definition) is 0. The van der Waals surface area contributed by atoms with Crippen LogP contribution < -0.4 is 11.2 Å². The Bertz CT molecular complexity index is 908. The third kappa shape index (κ3) is 2.48. The van der Waals surface area contributed by atoms with Crippen LogP contribution in [0.15, 0.2) is 64.2 Å². The van der Waals surface area contributed by atoms with E-state index < -0.39 is 0 Å². The van der Waals surface area contributed by atoms with Gasteiger partial charge in [0.1, 0.15) is 0 Å².